The van der Waals surface area contributed by atoms with E-state index in [0.29, 0.717) is 19.0 Å². The van der Waals surface area contributed by atoms with Gasteiger partial charge in [0.05, 0.1) is 6.42 Å². The molecule has 2 aromatic rings. The van der Waals surface area contributed by atoms with Crippen molar-refractivity contribution in [3.63, 3.8) is 0 Å². The van der Waals surface area contributed by atoms with Crippen LogP contribution in [0.3, 0.4) is 0 Å². The lowest BCUT2D eigenvalue weighted by molar-refractivity contribution is -0.131. The number of hydrogen-bond donors (Lipinski definition) is 1. The van der Waals surface area contributed by atoms with Gasteiger partial charge < -0.3 is 10.2 Å². The zero-order valence-electron chi connectivity index (χ0n) is 17.7. The highest BCUT2D eigenvalue weighted by molar-refractivity contribution is 5.79. The van der Waals surface area contributed by atoms with Crippen molar-refractivity contribution in [1.82, 2.24) is 10.2 Å². The molecular weight excluding hydrogens is 363 g/mol. The lowest BCUT2D eigenvalue weighted by atomic mass is 9.80. The molecule has 2 aromatic carbocycles. The minimum absolute atomic E-state index is 0.0722. The van der Waals surface area contributed by atoms with Crippen LogP contribution < -0.4 is 5.32 Å². The van der Waals surface area contributed by atoms with Crippen LogP contribution in [0.25, 0.3) is 0 Å². The SMILES string of the molecule is CC(C)(C)c1cc2c(c([C@@H]3CCCN3)c1)CCN(C(=O)Cc1ccc(F)cc1)C2. The molecule has 0 radical (unpaired) electrons. The monoisotopic (exact) mass is 394 g/mol. The van der Waals surface area contributed by atoms with Crippen molar-refractivity contribution >= 4 is 5.91 Å². The Morgan fingerprint density at radius 1 is 1.21 bits per heavy atom. The molecule has 0 spiro atoms. The summed E-state index contributed by atoms with van der Waals surface area (Å²) in [5, 5.41) is 3.66. The fourth-order valence-electron chi connectivity index (χ4n) is 4.53. The van der Waals surface area contributed by atoms with Crippen LogP contribution in [0, 0.1) is 5.82 Å². The van der Waals surface area contributed by atoms with Crippen molar-refractivity contribution < 1.29 is 9.18 Å². The first-order chi connectivity index (χ1) is 13.8. The van der Waals surface area contributed by atoms with E-state index in [-0.39, 0.29) is 17.1 Å². The molecule has 29 heavy (non-hydrogen) atoms. The maximum absolute atomic E-state index is 13.1. The number of carbonyl (C=O) groups is 1. The summed E-state index contributed by atoms with van der Waals surface area (Å²) in [6.45, 7) is 9.25. The van der Waals surface area contributed by atoms with E-state index in [4.69, 9.17) is 0 Å². The highest BCUT2D eigenvalue weighted by Crippen LogP contribution is 2.36. The topological polar surface area (TPSA) is 32.3 Å². The van der Waals surface area contributed by atoms with Crippen LogP contribution in [0.2, 0.25) is 0 Å². The van der Waals surface area contributed by atoms with Crippen LogP contribution in [-0.4, -0.2) is 23.9 Å². The number of amides is 1. The van der Waals surface area contributed by atoms with Crippen molar-refractivity contribution in [1.29, 1.82) is 0 Å². The van der Waals surface area contributed by atoms with Gasteiger partial charge >= 0.3 is 0 Å². The molecule has 0 aliphatic carbocycles. The van der Waals surface area contributed by atoms with Crippen molar-refractivity contribution in [2.45, 2.75) is 64.5 Å². The standard InChI is InChI=1S/C25H31FN2O/c1-25(2,3)19-14-18-16-28(24(29)13-17-6-8-20(26)9-7-17)12-10-21(18)22(15-19)23-5-4-11-27-23/h6-9,14-15,23,27H,4-5,10-13,16H2,1-3H3/t23-/m0/s1. The van der Waals surface area contributed by atoms with Crippen LogP contribution in [0.1, 0.15) is 67.5 Å². The van der Waals surface area contributed by atoms with Crippen molar-refractivity contribution in [2.24, 2.45) is 0 Å². The summed E-state index contributed by atoms with van der Waals surface area (Å²) in [4.78, 5) is 14.9. The minimum Gasteiger partial charge on any atom is -0.338 e. The molecule has 4 heteroatoms. The van der Waals surface area contributed by atoms with Gasteiger partial charge in [-0.25, -0.2) is 4.39 Å². The van der Waals surface area contributed by atoms with Gasteiger partial charge in [0.15, 0.2) is 0 Å². The molecule has 0 bridgehead atoms. The van der Waals surface area contributed by atoms with Crippen LogP contribution in [0.15, 0.2) is 36.4 Å². The van der Waals surface area contributed by atoms with Gasteiger partial charge in [-0.3, -0.25) is 4.79 Å². The normalized spacial score (nSPS) is 19.3. The molecule has 0 saturated carbocycles. The number of carbonyl (C=O) groups excluding carboxylic acids is 1. The predicted molar refractivity (Wildman–Crippen MR) is 114 cm³/mol. The van der Waals surface area contributed by atoms with Crippen molar-refractivity contribution in [3.8, 4) is 0 Å². The van der Waals surface area contributed by atoms with Crippen LogP contribution in [0.4, 0.5) is 4.39 Å². The van der Waals surface area contributed by atoms with Gasteiger partial charge in [0.1, 0.15) is 5.82 Å². The molecule has 2 aliphatic rings. The van der Waals surface area contributed by atoms with E-state index in [1.54, 1.807) is 12.1 Å². The Morgan fingerprint density at radius 3 is 2.62 bits per heavy atom. The van der Waals surface area contributed by atoms with Crippen LogP contribution in [0.5, 0.6) is 0 Å². The molecule has 3 nitrogen and oxygen atoms in total. The third-order valence-electron chi connectivity index (χ3n) is 6.29. The first-order valence-electron chi connectivity index (χ1n) is 10.7. The molecule has 4 rings (SSSR count). The molecule has 1 amide bonds. The quantitative estimate of drug-likeness (QED) is 0.820. The van der Waals surface area contributed by atoms with Crippen molar-refractivity contribution in [3.05, 3.63) is 70.0 Å². The molecule has 2 heterocycles. The number of nitrogens with zero attached hydrogens (tertiary/aromatic N) is 1. The molecule has 1 N–H and O–H groups in total. The van der Waals surface area contributed by atoms with E-state index < -0.39 is 0 Å². The van der Waals surface area contributed by atoms with E-state index in [2.05, 4.69) is 38.2 Å². The molecule has 154 valence electrons. The zero-order valence-corrected chi connectivity index (χ0v) is 17.7. The van der Waals surface area contributed by atoms with E-state index in [0.717, 1.165) is 25.1 Å². The number of halogens is 1. The second-order valence-electron chi connectivity index (χ2n) is 9.47. The van der Waals surface area contributed by atoms with Gasteiger partial charge in [0.25, 0.3) is 0 Å². The van der Waals surface area contributed by atoms with E-state index in [1.165, 1.54) is 47.2 Å². The fraction of sp³-hybridized carbons (Fsp3) is 0.480. The number of benzene rings is 2. The number of nitrogens with one attached hydrogen (secondary N) is 1. The second kappa shape index (κ2) is 7.91. The highest BCUT2D eigenvalue weighted by Gasteiger charge is 2.29. The zero-order chi connectivity index (χ0) is 20.6. The Hall–Kier alpha value is -2.20. The van der Waals surface area contributed by atoms with E-state index >= 15 is 0 Å². The maximum atomic E-state index is 13.1. The van der Waals surface area contributed by atoms with Gasteiger partial charge in [0, 0.05) is 19.1 Å². The smallest absolute Gasteiger partial charge is 0.227 e. The lowest BCUT2D eigenvalue weighted by Gasteiger charge is -2.33. The Bertz CT molecular complexity index is 892. The van der Waals surface area contributed by atoms with E-state index in [1.807, 2.05) is 4.90 Å². The van der Waals surface area contributed by atoms with Crippen molar-refractivity contribution in [2.75, 3.05) is 13.1 Å². The number of fused-ring (bicyclic) bond motifs is 1. The summed E-state index contributed by atoms with van der Waals surface area (Å²) < 4.78 is 13.1. The Kier molecular flexibility index (Phi) is 5.48. The molecule has 1 atom stereocenters. The molecule has 2 aliphatic heterocycles. The largest absolute Gasteiger partial charge is 0.338 e. The van der Waals surface area contributed by atoms with Gasteiger partial charge in [-0.15, -0.1) is 0 Å². The first-order valence-corrected chi connectivity index (χ1v) is 10.7. The predicted octanol–water partition coefficient (Wildman–Crippen LogP) is 4.68. The highest BCUT2D eigenvalue weighted by atomic mass is 19.1. The minimum atomic E-state index is -0.268. The average Bonchev–Trinajstić information content (AvgIpc) is 3.22. The summed E-state index contributed by atoms with van der Waals surface area (Å²) >= 11 is 0. The fourth-order valence-corrected chi connectivity index (χ4v) is 4.53. The molecule has 0 unspecified atom stereocenters. The summed E-state index contributed by atoms with van der Waals surface area (Å²) in [5.74, 6) is -0.153. The van der Waals surface area contributed by atoms with E-state index in [9.17, 15) is 9.18 Å². The third-order valence-corrected chi connectivity index (χ3v) is 6.29. The molecule has 1 fully saturated rings. The van der Waals surface area contributed by atoms with Gasteiger partial charge in [-0.1, -0.05) is 45.0 Å². The van der Waals surface area contributed by atoms with Gasteiger partial charge in [-0.2, -0.15) is 0 Å². The maximum Gasteiger partial charge on any atom is 0.227 e. The van der Waals surface area contributed by atoms with Gasteiger partial charge in [-0.05, 0) is 71.2 Å². The molecule has 0 aromatic heterocycles. The first kappa shape index (κ1) is 20.1. The average molecular weight is 395 g/mol. The summed E-state index contributed by atoms with van der Waals surface area (Å²) in [7, 11) is 0. The van der Waals surface area contributed by atoms with Crippen LogP contribution in [-0.2, 0) is 29.6 Å². The lowest BCUT2D eigenvalue weighted by Crippen LogP contribution is -2.38. The Labute approximate surface area is 173 Å². The Balaban J connectivity index is 1.59. The second-order valence-corrected chi connectivity index (χ2v) is 9.47. The third kappa shape index (κ3) is 4.37. The number of hydrogen-bond acceptors (Lipinski definition) is 2. The summed E-state index contributed by atoms with van der Waals surface area (Å²) in [6.07, 6.45) is 3.64. The summed E-state index contributed by atoms with van der Waals surface area (Å²) in [5.41, 5.74) is 6.44. The Morgan fingerprint density at radius 2 is 1.97 bits per heavy atom. The van der Waals surface area contributed by atoms with Crippen LogP contribution >= 0.6 is 0 Å². The van der Waals surface area contributed by atoms with Gasteiger partial charge in [0.2, 0.25) is 5.91 Å². The molecular formula is C25H31FN2O. The number of rotatable bonds is 3. The molecule has 1 saturated heterocycles. The summed E-state index contributed by atoms with van der Waals surface area (Å²) in [6, 6.07) is 11.4.